The average Bonchev–Trinajstić information content (AvgIpc) is 2.76. The maximum Gasteiger partial charge on any atom is 0.296 e. The summed E-state index contributed by atoms with van der Waals surface area (Å²) in [6.07, 6.45) is 4.73. The Morgan fingerprint density at radius 2 is 1.88 bits per heavy atom. The number of nitrogens with zero attached hydrogens (tertiary/aromatic N) is 2. The number of anilines is 1. The highest BCUT2D eigenvalue weighted by molar-refractivity contribution is 5.95. The SMILES string of the molecule is CCCCNC1c2cc(N(C(C)=O)C(C)CC)c([N+](=O)[O-])cc2OC(CCC)(CCC)C1O. The van der Waals surface area contributed by atoms with Gasteiger partial charge in [0.15, 0.2) is 0 Å². The van der Waals surface area contributed by atoms with Gasteiger partial charge in [-0.1, -0.05) is 47.0 Å². The minimum absolute atomic E-state index is 0.158. The number of ether oxygens (including phenoxy) is 1. The summed E-state index contributed by atoms with van der Waals surface area (Å²) in [5.41, 5.74) is -0.0594. The van der Waals surface area contributed by atoms with Crippen molar-refractivity contribution in [1.82, 2.24) is 5.32 Å². The fourth-order valence-corrected chi connectivity index (χ4v) is 4.92. The van der Waals surface area contributed by atoms with E-state index in [1.165, 1.54) is 17.9 Å². The Balaban J connectivity index is 2.74. The molecule has 0 bridgehead atoms. The number of hydrogen-bond acceptors (Lipinski definition) is 6. The van der Waals surface area contributed by atoms with Gasteiger partial charge in [0, 0.05) is 18.5 Å². The van der Waals surface area contributed by atoms with Gasteiger partial charge in [-0.15, -0.1) is 0 Å². The van der Waals surface area contributed by atoms with Crippen molar-refractivity contribution < 1.29 is 19.6 Å². The molecule has 3 unspecified atom stereocenters. The van der Waals surface area contributed by atoms with Gasteiger partial charge in [0.25, 0.3) is 5.69 Å². The molecule has 1 aromatic rings. The van der Waals surface area contributed by atoms with Gasteiger partial charge in [0.05, 0.1) is 17.0 Å². The Bertz CT molecular complexity index is 823. The number of fused-ring (bicyclic) bond motifs is 1. The van der Waals surface area contributed by atoms with E-state index in [1.807, 2.05) is 27.7 Å². The van der Waals surface area contributed by atoms with E-state index >= 15 is 0 Å². The molecule has 1 aliphatic rings. The highest BCUT2D eigenvalue weighted by Crippen LogP contribution is 2.48. The fourth-order valence-electron chi connectivity index (χ4n) is 4.92. The van der Waals surface area contributed by atoms with Gasteiger partial charge in [0.1, 0.15) is 23.1 Å². The van der Waals surface area contributed by atoms with Crippen molar-refractivity contribution in [2.45, 2.75) is 110 Å². The van der Waals surface area contributed by atoms with Crippen LogP contribution in [0.1, 0.15) is 98.1 Å². The maximum absolute atomic E-state index is 12.5. The zero-order chi connectivity index (χ0) is 24.8. The lowest BCUT2D eigenvalue weighted by molar-refractivity contribution is -0.384. The van der Waals surface area contributed by atoms with Gasteiger partial charge in [-0.2, -0.15) is 0 Å². The van der Waals surface area contributed by atoms with Crippen molar-refractivity contribution in [3.8, 4) is 5.75 Å². The summed E-state index contributed by atoms with van der Waals surface area (Å²) < 4.78 is 6.42. The van der Waals surface area contributed by atoms with E-state index in [-0.39, 0.29) is 23.3 Å². The first-order valence-corrected chi connectivity index (χ1v) is 12.4. The minimum atomic E-state index is -0.814. The van der Waals surface area contributed by atoms with Crippen LogP contribution in [0.3, 0.4) is 0 Å². The van der Waals surface area contributed by atoms with Gasteiger partial charge in [-0.3, -0.25) is 14.9 Å². The molecule has 2 N–H and O–H groups in total. The zero-order valence-electron chi connectivity index (χ0n) is 21.0. The molecular weight excluding hydrogens is 422 g/mol. The Hall–Kier alpha value is -2.19. The third-order valence-electron chi connectivity index (χ3n) is 6.68. The highest BCUT2D eigenvalue weighted by atomic mass is 16.6. The molecule has 0 saturated carbocycles. The molecule has 1 heterocycles. The summed E-state index contributed by atoms with van der Waals surface area (Å²) >= 11 is 0. The Morgan fingerprint density at radius 3 is 2.36 bits per heavy atom. The number of nitro groups is 1. The number of rotatable bonds is 12. The van der Waals surface area contributed by atoms with Gasteiger partial charge >= 0.3 is 0 Å². The number of carbonyl (C=O) groups excluding carboxylic acids is 1. The van der Waals surface area contributed by atoms with Crippen LogP contribution in [0, 0.1) is 10.1 Å². The monoisotopic (exact) mass is 463 g/mol. The van der Waals surface area contributed by atoms with Crippen molar-refractivity contribution in [1.29, 1.82) is 0 Å². The maximum atomic E-state index is 12.5. The lowest BCUT2D eigenvalue weighted by atomic mass is 9.78. The van der Waals surface area contributed by atoms with Gasteiger partial charge < -0.3 is 20.1 Å². The highest BCUT2D eigenvalue weighted by Gasteiger charge is 2.49. The number of benzene rings is 1. The molecule has 8 heteroatoms. The van der Waals surface area contributed by atoms with Crippen molar-refractivity contribution in [3.05, 3.63) is 27.8 Å². The number of hydrogen-bond donors (Lipinski definition) is 2. The van der Waals surface area contributed by atoms with Crippen LogP contribution >= 0.6 is 0 Å². The lowest BCUT2D eigenvalue weighted by Gasteiger charge is -2.47. The molecular formula is C25H41N3O5. The lowest BCUT2D eigenvalue weighted by Crippen LogP contribution is -2.56. The predicted octanol–water partition coefficient (Wildman–Crippen LogP) is 5.27. The first-order chi connectivity index (χ1) is 15.7. The second-order valence-corrected chi connectivity index (χ2v) is 9.18. The number of carbonyl (C=O) groups is 1. The van der Waals surface area contributed by atoms with E-state index in [0.29, 0.717) is 37.1 Å². The summed E-state index contributed by atoms with van der Waals surface area (Å²) in [6.45, 7) is 12.1. The number of unbranched alkanes of at least 4 members (excludes halogenated alkanes) is 1. The Morgan fingerprint density at radius 1 is 1.24 bits per heavy atom. The molecule has 186 valence electrons. The standard InChI is InChI=1S/C25H41N3O5/c1-7-11-14-26-23-19-15-20(27(18(6)29)17(5)10-4)21(28(31)32)16-22(19)33-25(12-8-2,13-9-3)24(23)30/h15-17,23-24,26,30H,7-14H2,1-6H3. The summed E-state index contributed by atoms with van der Waals surface area (Å²) in [7, 11) is 0. The van der Waals surface area contributed by atoms with E-state index in [9.17, 15) is 20.0 Å². The molecule has 8 nitrogen and oxygen atoms in total. The van der Waals surface area contributed by atoms with Crippen molar-refractivity contribution >= 4 is 17.3 Å². The van der Waals surface area contributed by atoms with E-state index in [1.54, 1.807) is 6.07 Å². The van der Waals surface area contributed by atoms with Gasteiger partial charge in [0.2, 0.25) is 5.91 Å². The van der Waals surface area contributed by atoms with E-state index in [4.69, 9.17) is 4.74 Å². The number of amides is 1. The topological polar surface area (TPSA) is 105 Å². The first kappa shape index (κ1) is 27.1. The molecule has 0 aromatic heterocycles. The number of aliphatic hydroxyl groups is 1. The van der Waals surface area contributed by atoms with E-state index in [2.05, 4.69) is 12.2 Å². The Labute approximate surface area is 197 Å². The summed E-state index contributed by atoms with van der Waals surface area (Å²) in [6, 6.07) is 2.47. The quantitative estimate of drug-likeness (QED) is 0.249. The normalized spacial score (nSPS) is 20.0. The molecule has 0 aliphatic carbocycles. The van der Waals surface area contributed by atoms with Crippen LogP contribution in [-0.4, -0.2) is 40.2 Å². The number of aliphatic hydroxyl groups excluding tert-OH is 1. The van der Waals surface area contributed by atoms with Crippen molar-refractivity contribution in [3.63, 3.8) is 0 Å². The van der Waals surface area contributed by atoms with Crippen LogP contribution in [0.15, 0.2) is 12.1 Å². The first-order valence-electron chi connectivity index (χ1n) is 12.4. The van der Waals surface area contributed by atoms with E-state index < -0.39 is 22.7 Å². The largest absolute Gasteiger partial charge is 0.484 e. The second-order valence-electron chi connectivity index (χ2n) is 9.18. The number of nitrogens with one attached hydrogen (secondary N) is 1. The van der Waals surface area contributed by atoms with Crippen molar-refractivity contribution in [2.75, 3.05) is 11.4 Å². The van der Waals surface area contributed by atoms with Gasteiger partial charge in [-0.25, -0.2) is 0 Å². The van der Waals surface area contributed by atoms with Crippen LogP contribution in [0.2, 0.25) is 0 Å². The molecule has 0 spiro atoms. The molecule has 3 atom stereocenters. The molecule has 0 fully saturated rings. The van der Waals surface area contributed by atoms with Crippen LogP contribution in [0.25, 0.3) is 0 Å². The molecule has 1 aromatic carbocycles. The van der Waals surface area contributed by atoms with Gasteiger partial charge in [-0.05, 0) is 45.2 Å². The van der Waals surface area contributed by atoms with Crippen LogP contribution < -0.4 is 15.0 Å². The smallest absolute Gasteiger partial charge is 0.296 e. The van der Waals surface area contributed by atoms with Crippen LogP contribution in [0.4, 0.5) is 11.4 Å². The summed E-state index contributed by atoms with van der Waals surface area (Å²) in [4.78, 5) is 25.6. The molecule has 0 radical (unpaired) electrons. The van der Waals surface area contributed by atoms with Crippen LogP contribution in [0.5, 0.6) is 5.75 Å². The van der Waals surface area contributed by atoms with Crippen LogP contribution in [-0.2, 0) is 4.79 Å². The molecule has 0 saturated heterocycles. The second kappa shape index (κ2) is 11.8. The predicted molar refractivity (Wildman–Crippen MR) is 131 cm³/mol. The summed E-state index contributed by atoms with van der Waals surface area (Å²) in [5.74, 6) is 0.158. The molecule has 2 rings (SSSR count). The molecule has 1 amide bonds. The Kier molecular flexibility index (Phi) is 9.67. The number of nitro benzene ring substituents is 1. The van der Waals surface area contributed by atoms with E-state index in [0.717, 1.165) is 25.7 Å². The average molecular weight is 464 g/mol. The zero-order valence-corrected chi connectivity index (χ0v) is 21.0. The third kappa shape index (κ3) is 5.66. The molecule has 33 heavy (non-hydrogen) atoms. The fraction of sp³-hybridized carbons (Fsp3) is 0.720. The minimum Gasteiger partial charge on any atom is -0.484 e. The summed E-state index contributed by atoms with van der Waals surface area (Å²) in [5, 5.41) is 27.1. The third-order valence-corrected chi connectivity index (χ3v) is 6.68. The van der Waals surface area contributed by atoms with Crippen molar-refractivity contribution in [2.24, 2.45) is 0 Å². The molecule has 1 aliphatic heterocycles.